The largest absolute Gasteiger partial charge is 0.329 e. The van der Waals surface area contributed by atoms with Crippen molar-refractivity contribution in [3.05, 3.63) is 58.3 Å². The lowest BCUT2D eigenvalue weighted by Crippen LogP contribution is -2.11. The van der Waals surface area contributed by atoms with E-state index in [4.69, 9.17) is 5.26 Å². The van der Waals surface area contributed by atoms with Crippen LogP contribution in [0.25, 0.3) is 0 Å². The van der Waals surface area contributed by atoms with E-state index in [2.05, 4.69) is 4.98 Å². The molecular weight excluding hydrogens is 244 g/mol. The van der Waals surface area contributed by atoms with E-state index in [1.165, 1.54) is 18.3 Å². The van der Waals surface area contributed by atoms with Gasteiger partial charge in [-0.25, -0.2) is 4.98 Å². The molecule has 1 heterocycles. The second-order valence-electron chi connectivity index (χ2n) is 3.85. The molecule has 2 aromatic rings. The third-order valence-corrected chi connectivity index (χ3v) is 2.67. The topological polar surface area (TPSA) is 83.1 Å². The van der Waals surface area contributed by atoms with Gasteiger partial charge in [0.25, 0.3) is 5.69 Å². The van der Waals surface area contributed by atoms with Crippen LogP contribution < -0.4 is 4.90 Å². The van der Waals surface area contributed by atoms with Crippen LogP contribution >= 0.6 is 0 Å². The number of rotatable bonds is 3. The number of nitrogens with zero attached hydrogens (tertiary/aromatic N) is 4. The second kappa shape index (κ2) is 5.14. The fraction of sp³-hybridized carbons (Fsp3) is 0.0769. The highest BCUT2D eigenvalue weighted by Crippen LogP contribution is 2.24. The summed E-state index contributed by atoms with van der Waals surface area (Å²) in [6, 6.07) is 11.7. The summed E-state index contributed by atoms with van der Waals surface area (Å²) in [6.45, 7) is 0. The smallest absolute Gasteiger partial charge is 0.274 e. The van der Waals surface area contributed by atoms with Gasteiger partial charge in [0.15, 0.2) is 0 Å². The summed E-state index contributed by atoms with van der Waals surface area (Å²) in [5.41, 5.74) is 1.35. The number of hydrogen-bond donors (Lipinski definition) is 0. The molecule has 2 rings (SSSR count). The van der Waals surface area contributed by atoms with Gasteiger partial charge in [0, 0.05) is 25.0 Å². The lowest BCUT2D eigenvalue weighted by Gasteiger charge is -2.17. The first-order chi connectivity index (χ1) is 9.11. The lowest BCUT2D eigenvalue weighted by atomic mass is 10.2. The second-order valence-corrected chi connectivity index (χ2v) is 3.85. The van der Waals surface area contributed by atoms with Crippen molar-refractivity contribution in [3.8, 4) is 6.07 Å². The third-order valence-electron chi connectivity index (χ3n) is 2.67. The molecule has 1 aromatic heterocycles. The van der Waals surface area contributed by atoms with E-state index in [1.54, 1.807) is 36.2 Å². The van der Waals surface area contributed by atoms with Crippen LogP contribution in [-0.2, 0) is 0 Å². The van der Waals surface area contributed by atoms with Gasteiger partial charge < -0.3 is 4.90 Å². The standard InChI is InChI=1S/C13H10N4O2/c1-16(11-4-2-10(9-14)3-5-11)13-8-12(17(18)19)6-7-15-13/h2-8H,1H3. The third kappa shape index (κ3) is 2.66. The number of pyridine rings is 1. The van der Waals surface area contributed by atoms with Crippen molar-refractivity contribution < 1.29 is 4.92 Å². The molecule has 0 radical (unpaired) electrons. The fourth-order valence-electron chi connectivity index (χ4n) is 1.60. The Hall–Kier alpha value is -2.94. The Balaban J connectivity index is 2.32. The highest BCUT2D eigenvalue weighted by molar-refractivity contribution is 5.61. The molecule has 6 nitrogen and oxygen atoms in total. The van der Waals surface area contributed by atoms with Gasteiger partial charge in [0.1, 0.15) is 5.82 Å². The van der Waals surface area contributed by atoms with E-state index in [0.717, 1.165) is 5.69 Å². The molecule has 94 valence electrons. The Morgan fingerprint density at radius 2 is 2.00 bits per heavy atom. The van der Waals surface area contributed by atoms with Crippen LogP contribution in [0.1, 0.15) is 5.56 Å². The molecule has 0 atom stereocenters. The van der Waals surface area contributed by atoms with Crippen LogP contribution in [0.2, 0.25) is 0 Å². The Morgan fingerprint density at radius 1 is 1.32 bits per heavy atom. The lowest BCUT2D eigenvalue weighted by molar-refractivity contribution is -0.384. The fourth-order valence-corrected chi connectivity index (χ4v) is 1.60. The summed E-state index contributed by atoms with van der Waals surface area (Å²) in [4.78, 5) is 16.1. The Labute approximate surface area is 109 Å². The molecule has 0 N–H and O–H groups in total. The summed E-state index contributed by atoms with van der Waals surface area (Å²) in [7, 11) is 1.76. The van der Waals surface area contributed by atoms with Crippen LogP contribution in [0, 0.1) is 21.4 Å². The molecule has 0 saturated carbocycles. The minimum Gasteiger partial charge on any atom is -0.329 e. The van der Waals surface area contributed by atoms with Gasteiger partial charge in [-0.3, -0.25) is 10.1 Å². The van der Waals surface area contributed by atoms with Crippen LogP contribution in [0.3, 0.4) is 0 Å². The van der Waals surface area contributed by atoms with E-state index in [9.17, 15) is 10.1 Å². The van der Waals surface area contributed by atoms with Crippen molar-refractivity contribution in [3.63, 3.8) is 0 Å². The van der Waals surface area contributed by atoms with Crippen LogP contribution in [0.5, 0.6) is 0 Å². The normalized spacial score (nSPS) is 9.68. The predicted molar refractivity (Wildman–Crippen MR) is 70.1 cm³/mol. The van der Waals surface area contributed by atoms with Crippen LogP contribution in [0.15, 0.2) is 42.6 Å². The van der Waals surface area contributed by atoms with E-state index in [-0.39, 0.29) is 5.69 Å². The molecule has 0 aliphatic heterocycles. The zero-order valence-electron chi connectivity index (χ0n) is 10.1. The van der Waals surface area contributed by atoms with Gasteiger partial charge in [0.2, 0.25) is 0 Å². The molecule has 19 heavy (non-hydrogen) atoms. The molecule has 0 saturated heterocycles. The molecule has 0 aliphatic carbocycles. The first-order valence-corrected chi connectivity index (χ1v) is 5.46. The average molecular weight is 254 g/mol. The average Bonchev–Trinajstić information content (AvgIpc) is 2.46. The molecule has 0 spiro atoms. The van der Waals surface area contributed by atoms with Gasteiger partial charge in [0.05, 0.1) is 22.6 Å². The van der Waals surface area contributed by atoms with Crippen molar-refractivity contribution in [2.24, 2.45) is 0 Å². The first kappa shape index (κ1) is 12.5. The van der Waals surface area contributed by atoms with Gasteiger partial charge in [-0.1, -0.05) is 0 Å². The number of benzene rings is 1. The predicted octanol–water partition coefficient (Wildman–Crippen LogP) is 2.63. The highest BCUT2D eigenvalue weighted by Gasteiger charge is 2.11. The molecule has 0 unspecified atom stereocenters. The maximum absolute atomic E-state index is 10.7. The van der Waals surface area contributed by atoms with E-state index >= 15 is 0 Å². The van der Waals surface area contributed by atoms with Crippen molar-refractivity contribution in [2.45, 2.75) is 0 Å². The summed E-state index contributed by atoms with van der Waals surface area (Å²) < 4.78 is 0. The monoisotopic (exact) mass is 254 g/mol. The zero-order valence-corrected chi connectivity index (χ0v) is 10.1. The maximum atomic E-state index is 10.7. The summed E-state index contributed by atoms with van der Waals surface area (Å²) >= 11 is 0. The van der Waals surface area contributed by atoms with Gasteiger partial charge in [-0.15, -0.1) is 0 Å². The molecular formula is C13H10N4O2. The SMILES string of the molecule is CN(c1ccc(C#N)cc1)c1cc([N+](=O)[O-])ccn1. The van der Waals surface area contributed by atoms with E-state index in [0.29, 0.717) is 11.4 Å². The number of anilines is 2. The van der Waals surface area contributed by atoms with Crippen molar-refractivity contribution in [1.29, 1.82) is 5.26 Å². The number of nitro groups is 1. The maximum Gasteiger partial charge on any atom is 0.274 e. The van der Waals surface area contributed by atoms with Crippen molar-refractivity contribution in [2.75, 3.05) is 11.9 Å². The quantitative estimate of drug-likeness (QED) is 0.621. The highest BCUT2D eigenvalue weighted by atomic mass is 16.6. The zero-order chi connectivity index (χ0) is 13.8. The van der Waals surface area contributed by atoms with Crippen molar-refractivity contribution in [1.82, 2.24) is 4.98 Å². The Morgan fingerprint density at radius 3 is 2.58 bits per heavy atom. The molecule has 0 bridgehead atoms. The number of hydrogen-bond acceptors (Lipinski definition) is 5. The summed E-state index contributed by atoms with van der Waals surface area (Å²) in [5, 5.41) is 19.4. The van der Waals surface area contributed by atoms with Gasteiger partial charge in [-0.05, 0) is 24.3 Å². The molecule has 6 heteroatoms. The molecule has 0 amide bonds. The van der Waals surface area contributed by atoms with Crippen molar-refractivity contribution >= 4 is 17.2 Å². The molecule has 1 aromatic carbocycles. The van der Waals surface area contributed by atoms with Gasteiger partial charge in [-0.2, -0.15) is 5.26 Å². The summed E-state index contributed by atoms with van der Waals surface area (Å²) in [5.74, 6) is 0.471. The Bertz CT molecular complexity index is 646. The summed E-state index contributed by atoms with van der Waals surface area (Å²) in [6.07, 6.45) is 1.40. The number of aromatic nitrogens is 1. The minimum absolute atomic E-state index is 0.00880. The molecule has 0 aliphatic rings. The first-order valence-electron chi connectivity index (χ1n) is 5.46. The van der Waals surface area contributed by atoms with E-state index < -0.39 is 4.92 Å². The number of nitriles is 1. The van der Waals surface area contributed by atoms with E-state index in [1.807, 2.05) is 6.07 Å². The molecule has 0 fully saturated rings. The van der Waals surface area contributed by atoms with Gasteiger partial charge >= 0.3 is 0 Å². The minimum atomic E-state index is -0.461. The van der Waals surface area contributed by atoms with Crippen LogP contribution in [0.4, 0.5) is 17.2 Å². The van der Waals surface area contributed by atoms with Crippen LogP contribution in [-0.4, -0.2) is 17.0 Å². The Kier molecular flexibility index (Phi) is 3.39.